The van der Waals surface area contributed by atoms with Gasteiger partial charge < -0.3 is 14.4 Å². The SMILES string of the molecule is CC1C(=O)N2CCCCC2C(=O)N1Cc1nccn1C. The van der Waals surface area contributed by atoms with Crippen molar-refractivity contribution in [3.8, 4) is 0 Å². The van der Waals surface area contributed by atoms with Crippen LogP contribution in [0, 0.1) is 0 Å². The Bertz CT molecular complexity index is 539. The van der Waals surface area contributed by atoms with E-state index in [1.54, 1.807) is 16.0 Å². The Labute approximate surface area is 118 Å². The number of nitrogens with zero attached hydrogens (tertiary/aromatic N) is 4. The normalized spacial score (nSPS) is 26.9. The van der Waals surface area contributed by atoms with Crippen LogP contribution in [-0.2, 0) is 23.2 Å². The number of aromatic nitrogens is 2. The Balaban J connectivity index is 1.85. The van der Waals surface area contributed by atoms with Crippen molar-refractivity contribution in [1.82, 2.24) is 19.4 Å². The van der Waals surface area contributed by atoms with Crippen molar-refractivity contribution in [2.45, 2.75) is 44.8 Å². The molecule has 2 atom stereocenters. The minimum absolute atomic E-state index is 0.0693. The molecule has 2 unspecified atom stereocenters. The Kier molecular flexibility index (Phi) is 3.23. The molecule has 0 aliphatic carbocycles. The molecule has 2 aliphatic heterocycles. The molecule has 0 N–H and O–H groups in total. The lowest BCUT2D eigenvalue weighted by Gasteiger charge is -2.45. The van der Waals surface area contributed by atoms with Crippen molar-refractivity contribution in [2.24, 2.45) is 7.05 Å². The standard InChI is InChI=1S/C14H20N4O2/c1-10-13(19)17-7-4-3-5-11(17)14(20)18(10)9-12-15-6-8-16(12)2/h6,8,10-11H,3-5,7,9H2,1-2H3. The number of imidazole rings is 1. The zero-order valence-corrected chi connectivity index (χ0v) is 12.0. The van der Waals surface area contributed by atoms with E-state index in [0.29, 0.717) is 6.54 Å². The number of hydrogen-bond donors (Lipinski definition) is 0. The largest absolute Gasteiger partial charge is 0.337 e. The molecule has 3 rings (SSSR count). The first-order chi connectivity index (χ1) is 9.59. The number of piperazine rings is 1. The van der Waals surface area contributed by atoms with Gasteiger partial charge in [-0.1, -0.05) is 0 Å². The summed E-state index contributed by atoms with van der Waals surface area (Å²) in [5.74, 6) is 0.950. The molecule has 6 nitrogen and oxygen atoms in total. The molecule has 0 saturated carbocycles. The third-order valence-electron chi connectivity index (χ3n) is 4.41. The molecule has 0 spiro atoms. The van der Waals surface area contributed by atoms with Gasteiger partial charge in [0.15, 0.2) is 0 Å². The van der Waals surface area contributed by atoms with Crippen LogP contribution in [0.1, 0.15) is 32.0 Å². The van der Waals surface area contributed by atoms with Crippen molar-refractivity contribution in [1.29, 1.82) is 0 Å². The lowest BCUT2D eigenvalue weighted by atomic mass is 9.96. The van der Waals surface area contributed by atoms with Crippen LogP contribution in [-0.4, -0.2) is 49.8 Å². The van der Waals surface area contributed by atoms with E-state index in [9.17, 15) is 9.59 Å². The molecule has 0 bridgehead atoms. The Hall–Kier alpha value is -1.85. The highest BCUT2D eigenvalue weighted by atomic mass is 16.2. The van der Waals surface area contributed by atoms with Crippen LogP contribution in [0.4, 0.5) is 0 Å². The van der Waals surface area contributed by atoms with Crippen LogP contribution in [0.25, 0.3) is 0 Å². The lowest BCUT2D eigenvalue weighted by molar-refractivity contribution is -0.163. The van der Waals surface area contributed by atoms with Crippen LogP contribution < -0.4 is 0 Å². The fraction of sp³-hybridized carbons (Fsp3) is 0.643. The van der Waals surface area contributed by atoms with Crippen molar-refractivity contribution in [3.05, 3.63) is 18.2 Å². The number of hydrogen-bond acceptors (Lipinski definition) is 3. The van der Waals surface area contributed by atoms with Gasteiger partial charge in [0.2, 0.25) is 11.8 Å². The van der Waals surface area contributed by atoms with Gasteiger partial charge in [0.1, 0.15) is 17.9 Å². The highest BCUT2D eigenvalue weighted by Gasteiger charge is 2.44. The average Bonchev–Trinajstić information content (AvgIpc) is 2.86. The van der Waals surface area contributed by atoms with E-state index in [-0.39, 0.29) is 17.9 Å². The van der Waals surface area contributed by atoms with E-state index in [2.05, 4.69) is 4.98 Å². The molecule has 2 aliphatic rings. The van der Waals surface area contributed by atoms with Crippen LogP contribution in [0.5, 0.6) is 0 Å². The highest BCUT2D eigenvalue weighted by Crippen LogP contribution is 2.27. The Morgan fingerprint density at radius 1 is 1.30 bits per heavy atom. The number of fused-ring (bicyclic) bond motifs is 1. The fourth-order valence-electron chi connectivity index (χ4n) is 3.12. The summed E-state index contributed by atoms with van der Waals surface area (Å²) in [4.78, 5) is 32.8. The minimum atomic E-state index is -0.395. The first-order valence-electron chi connectivity index (χ1n) is 7.16. The predicted octanol–water partition coefficient (Wildman–Crippen LogP) is 0.532. The summed E-state index contributed by atoms with van der Waals surface area (Å²) in [6.45, 7) is 2.93. The third-order valence-corrected chi connectivity index (χ3v) is 4.41. The molecule has 6 heteroatoms. The zero-order valence-electron chi connectivity index (χ0n) is 12.0. The fourth-order valence-corrected chi connectivity index (χ4v) is 3.12. The molecule has 20 heavy (non-hydrogen) atoms. The molecular formula is C14H20N4O2. The maximum Gasteiger partial charge on any atom is 0.246 e. The summed E-state index contributed by atoms with van der Waals surface area (Å²) in [6, 6.07) is -0.652. The second-order valence-corrected chi connectivity index (χ2v) is 5.64. The van der Waals surface area contributed by atoms with Gasteiger partial charge in [-0.25, -0.2) is 4.98 Å². The zero-order chi connectivity index (χ0) is 14.3. The lowest BCUT2D eigenvalue weighted by Crippen LogP contribution is -2.64. The Morgan fingerprint density at radius 3 is 2.80 bits per heavy atom. The summed E-state index contributed by atoms with van der Waals surface area (Å²) in [6.07, 6.45) is 6.37. The van der Waals surface area contributed by atoms with Crippen LogP contribution >= 0.6 is 0 Å². The maximum absolute atomic E-state index is 12.6. The van der Waals surface area contributed by atoms with Crippen molar-refractivity contribution in [3.63, 3.8) is 0 Å². The molecule has 3 heterocycles. The monoisotopic (exact) mass is 276 g/mol. The summed E-state index contributed by atoms with van der Waals surface area (Å²) >= 11 is 0. The van der Waals surface area contributed by atoms with Gasteiger partial charge >= 0.3 is 0 Å². The molecule has 1 aromatic heterocycles. The summed E-state index contributed by atoms with van der Waals surface area (Å²) < 4.78 is 1.89. The molecule has 2 amide bonds. The number of amides is 2. The average molecular weight is 276 g/mol. The van der Waals surface area contributed by atoms with E-state index in [1.807, 2.05) is 24.7 Å². The smallest absolute Gasteiger partial charge is 0.246 e. The van der Waals surface area contributed by atoms with Crippen LogP contribution in [0.15, 0.2) is 12.4 Å². The quantitative estimate of drug-likeness (QED) is 0.792. The number of rotatable bonds is 2. The topological polar surface area (TPSA) is 58.4 Å². The van der Waals surface area contributed by atoms with Gasteiger partial charge in [-0.15, -0.1) is 0 Å². The summed E-state index contributed by atoms with van der Waals surface area (Å²) in [7, 11) is 1.90. The number of aryl methyl sites for hydroxylation is 1. The molecule has 0 aromatic carbocycles. The van der Waals surface area contributed by atoms with E-state index in [0.717, 1.165) is 31.6 Å². The molecule has 0 radical (unpaired) electrons. The van der Waals surface area contributed by atoms with E-state index in [1.165, 1.54) is 0 Å². The molecule has 2 saturated heterocycles. The van der Waals surface area contributed by atoms with Crippen LogP contribution in [0.3, 0.4) is 0 Å². The summed E-state index contributed by atoms with van der Waals surface area (Å²) in [5.41, 5.74) is 0. The van der Waals surface area contributed by atoms with Gasteiger partial charge in [-0.05, 0) is 26.2 Å². The number of carbonyl (C=O) groups excluding carboxylic acids is 2. The van der Waals surface area contributed by atoms with Crippen molar-refractivity contribution < 1.29 is 9.59 Å². The molecule has 2 fully saturated rings. The first-order valence-corrected chi connectivity index (χ1v) is 7.16. The van der Waals surface area contributed by atoms with E-state index in [4.69, 9.17) is 0 Å². The van der Waals surface area contributed by atoms with Gasteiger partial charge in [-0.2, -0.15) is 0 Å². The maximum atomic E-state index is 12.6. The number of carbonyl (C=O) groups is 2. The van der Waals surface area contributed by atoms with E-state index >= 15 is 0 Å². The van der Waals surface area contributed by atoms with Crippen LogP contribution in [0.2, 0.25) is 0 Å². The first kappa shape index (κ1) is 13.1. The third kappa shape index (κ3) is 1.99. The highest BCUT2D eigenvalue weighted by molar-refractivity contribution is 5.96. The van der Waals surface area contributed by atoms with Gasteiger partial charge in [0, 0.05) is 26.0 Å². The van der Waals surface area contributed by atoms with Gasteiger partial charge in [0.05, 0.1) is 6.54 Å². The second-order valence-electron chi connectivity index (χ2n) is 5.64. The number of piperidine rings is 1. The van der Waals surface area contributed by atoms with Gasteiger partial charge in [-0.3, -0.25) is 9.59 Å². The summed E-state index contributed by atoms with van der Waals surface area (Å²) in [5, 5.41) is 0. The molecular weight excluding hydrogens is 256 g/mol. The van der Waals surface area contributed by atoms with E-state index < -0.39 is 6.04 Å². The van der Waals surface area contributed by atoms with Gasteiger partial charge in [0.25, 0.3) is 0 Å². The second kappa shape index (κ2) is 4.92. The van der Waals surface area contributed by atoms with Crippen molar-refractivity contribution in [2.75, 3.05) is 6.54 Å². The molecule has 1 aromatic rings. The Morgan fingerprint density at radius 2 is 2.10 bits per heavy atom. The van der Waals surface area contributed by atoms with Crippen molar-refractivity contribution >= 4 is 11.8 Å². The minimum Gasteiger partial charge on any atom is -0.337 e. The predicted molar refractivity (Wildman–Crippen MR) is 72.6 cm³/mol. The molecule has 108 valence electrons.